The van der Waals surface area contributed by atoms with Gasteiger partial charge in [0.15, 0.2) is 0 Å². The van der Waals surface area contributed by atoms with Crippen molar-refractivity contribution in [2.24, 2.45) is 0 Å². The molecule has 0 fully saturated rings. The smallest absolute Gasteiger partial charge is 0.118 e. The van der Waals surface area contributed by atoms with Crippen molar-refractivity contribution in [2.45, 2.75) is 57.2 Å². The van der Waals surface area contributed by atoms with Gasteiger partial charge in [0.05, 0.1) is 27.0 Å². The van der Waals surface area contributed by atoms with E-state index in [1.54, 1.807) is 7.11 Å². The molecule has 2 aromatic rings. The molecule has 0 aliphatic rings. The third-order valence-corrected chi connectivity index (χ3v) is 11.7. The fraction of sp³-hybridized carbons (Fsp3) is 0.417. The summed E-state index contributed by atoms with van der Waals surface area (Å²) < 4.78 is 12.2. The van der Waals surface area contributed by atoms with Gasteiger partial charge in [-0.2, -0.15) is 0 Å². The summed E-state index contributed by atoms with van der Waals surface area (Å²) in [5.74, 6) is 0.870. The van der Waals surface area contributed by atoms with Crippen molar-refractivity contribution in [1.29, 1.82) is 0 Å². The maximum atomic E-state index is 6.92. The molecule has 0 amide bonds. The Hall–Kier alpha value is -1.84. The summed E-state index contributed by atoms with van der Waals surface area (Å²) >= 11 is 0. The fourth-order valence-corrected chi connectivity index (χ4v) is 7.88. The number of ether oxygens (including phenoxy) is 2. The predicted octanol–water partition coefficient (Wildman–Crippen LogP) is 7.12. The summed E-state index contributed by atoms with van der Waals surface area (Å²) in [4.78, 5) is 0. The molecule has 0 aliphatic carbocycles. The van der Waals surface area contributed by atoms with Crippen LogP contribution in [0.2, 0.25) is 18.1 Å². The minimum absolute atomic E-state index is 0.00939. The van der Waals surface area contributed by atoms with E-state index in [2.05, 4.69) is 69.8 Å². The van der Waals surface area contributed by atoms with E-state index >= 15 is 0 Å². The van der Waals surface area contributed by atoms with Crippen LogP contribution in [0.5, 0.6) is 5.75 Å². The fourth-order valence-electron chi connectivity index (χ4n) is 3.91. The monoisotopic (exact) mass is 382 g/mol. The molecule has 3 heteroatoms. The molecule has 2 nitrogen and oxygen atoms in total. The predicted molar refractivity (Wildman–Crippen MR) is 118 cm³/mol. The van der Waals surface area contributed by atoms with E-state index in [4.69, 9.17) is 9.47 Å². The van der Waals surface area contributed by atoms with Crippen LogP contribution in [0.3, 0.4) is 0 Å². The van der Waals surface area contributed by atoms with Crippen molar-refractivity contribution in [2.75, 3.05) is 7.11 Å². The molecule has 0 aliphatic heterocycles. The molecule has 146 valence electrons. The summed E-state index contributed by atoms with van der Waals surface area (Å²) in [7, 11) is 0.0849. The molecular weight excluding hydrogens is 348 g/mol. The molecule has 0 aromatic heterocycles. The Morgan fingerprint density at radius 1 is 0.889 bits per heavy atom. The van der Waals surface area contributed by atoms with Gasteiger partial charge in [0.2, 0.25) is 0 Å². The van der Waals surface area contributed by atoms with Crippen molar-refractivity contribution in [3.8, 4) is 5.75 Å². The average molecular weight is 383 g/mol. The Morgan fingerprint density at radius 3 is 1.96 bits per heavy atom. The van der Waals surface area contributed by atoms with Gasteiger partial charge in [-0.05, 0) is 29.7 Å². The van der Waals surface area contributed by atoms with E-state index in [0.717, 1.165) is 12.2 Å². The third-order valence-electron chi connectivity index (χ3n) is 5.94. The normalized spacial score (nSPS) is 13.8. The van der Waals surface area contributed by atoms with Gasteiger partial charge in [-0.15, -0.1) is 6.58 Å². The molecule has 2 atom stereocenters. The highest BCUT2D eigenvalue weighted by Crippen LogP contribution is 2.41. The van der Waals surface area contributed by atoms with Crippen LogP contribution in [0.4, 0.5) is 0 Å². The first-order chi connectivity index (χ1) is 13.1. The maximum Gasteiger partial charge on any atom is 0.118 e. The quantitative estimate of drug-likeness (QED) is 0.304. The SMILES string of the molecule is C=CC[C@H](O[C@H](c1ccccc1)[Si](CC)(CC)CC)c1ccc(OC)cc1. The van der Waals surface area contributed by atoms with Gasteiger partial charge in [-0.25, -0.2) is 0 Å². The van der Waals surface area contributed by atoms with E-state index in [9.17, 15) is 0 Å². The van der Waals surface area contributed by atoms with E-state index < -0.39 is 8.07 Å². The van der Waals surface area contributed by atoms with E-state index in [1.807, 2.05) is 18.2 Å². The number of methoxy groups -OCH3 is 1. The molecule has 0 heterocycles. The van der Waals surface area contributed by atoms with Crippen LogP contribution in [-0.2, 0) is 4.74 Å². The van der Waals surface area contributed by atoms with E-state index in [-0.39, 0.29) is 11.8 Å². The molecule has 0 saturated heterocycles. The van der Waals surface area contributed by atoms with Crippen LogP contribution in [0.15, 0.2) is 67.3 Å². The molecule has 0 spiro atoms. The summed E-state index contributed by atoms with van der Waals surface area (Å²) in [6, 6.07) is 22.7. The summed E-state index contributed by atoms with van der Waals surface area (Å²) in [5.41, 5.74) is 2.69. The number of hydrogen-bond acceptors (Lipinski definition) is 2. The zero-order valence-corrected chi connectivity index (χ0v) is 18.3. The second kappa shape index (κ2) is 10.5. The van der Waals surface area contributed by atoms with Crippen LogP contribution in [-0.4, -0.2) is 15.2 Å². The van der Waals surface area contributed by atoms with Crippen molar-refractivity contribution < 1.29 is 9.47 Å². The third kappa shape index (κ3) is 5.11. The Kier molecular flexibility index (Phi) is 8.33. The molecule has 0 radical (unpaired) electrons. The van der Waals surface area contributed by atoms with Gasteiger partial charge in [-0.1, -0.05) is 87.4 Å². The lowest BCUT2D eigenvalue weighted by Crippen LogP contribution is -2.41. The zero-order valence-electron chi connectivity index (χ0n) is 17.3. The molecule has 0 unspecified atom stereocenters. The minimum Gasteiger partial charge on any atom is -0.497 e. The first-order valence-corrected chi connectivity index (χ1v) is 12.8. The van der Waals surface area contributed by atoms with Crippen LogP contribution in [0.1, 0.15) is 50.2 Å². The molecule has 0 saturated carbocycles. The summed E-state index contributed by atoms with van der Waals surface area (Å²) in [6.07, 6.45) is 2.77. The Balaban J connectivity index is 2.41. The topological polar surface area (TPSA) is 18.5 Å². The highest BCUT2D eigenvalue weighted by Gasteiger charge is 2.39. The maximum absolute atomic E-state index is 6.92. The van der Waals surface area contributed by atoms with Crippen LogP contribution in [0, 0.1) is 0 Å². The van der Waals surface area contributed by atoms with Gasteiger partial charge in [-0.3, -0.25) is 0 Å². The van der Waals surface area contributed by atoms with Gasteiger partial charge in [0.25, 0.3) is 0 Å². The molecular formula is C24H34O2Si. The Labute approximate surface area is 166 Å². The summed E-state index contributed by atoms with van der Waals surface area (Å²) in [6.45, 7) is 11.0. The molecule has 2 rings (SSSR count). The highest BCUT2D eigenvalue weighted by molar-refractivity contribution is 6.80. The van der Waals surface area contributed by atoms with Crippen LogP contribution in [0.25, 0.3) is 0 Å². The standard InChI is InChI=1S/C24H34O2Si/c1-6-13-23(20-16-18-22(25-5)19-17-20)26-24(21-14-11-10-12-15-21)27(7-2,8-3)9-4/h6,10-12,14-19,23-24H,1,7-9,13H2,2-5H3/t23-,24-/m0/s1. The van der Waals surface area contributed by atoms with Gasteiger partial charge in [0.1, 0.15) is 5.75 Å². The van der Waals surface area contributed by atoms with Crippen molar-refractivity contribution in [1.82, 2.24) is 0 Å². The largest absolute Gasteiger partial charge is 0.497 e. The lowest BCUT2D eigenvalue weighted by Gasteiger charge is -2.39. The molecule has 2 aromatic carbocycles. The first-order valence-electron chi connectivity index (χ1n) is 10.1. The highest BCUT2D eigenvalue weighted by atomic mass is 28.3. The number of rotatable bonds is 11. The molecule has 0 bridgehead atoms. The van der Waals surface area contributed by atoms with Crippen LogP contribution >= 0.6 is 0 Å². The lowest BCUT2D eigenvalue weighted by atomic mass is 10.1. The first kappa shape index (κ1) is 21.5. The molecule has 27 heavy (non-hydrogen) atoms. The van der Waals surface area contributed by atoms with E-state index in [1.165, 1.54) is 29.3 Å². The van der Waals surface area contributed by atoms with Gasteiger partial charge >= 0.3 is 0 Å². The Morgan fingerprint density at radius 2 is 1.48 bits per heavy atom. The van der Waals surface area contributed by atoms with Crippen molar-refractivity contribution in [3.63, 3.8) is 0 Å². The van der Waals surface area contributed by atoms with Gasteiger partial charge < -0.3 is 9.47 Å². The lowest BCUT2D eigenvalue weighted by molar-refractivity contribution is 0.0234. The average Bonchev–Trinajstić information content (AvgIpc) is 2.74. The zero-order chi connectivity index (χ0) is 19.7. The van der Waals surface area contributed by atoms with Gasteiger partial charge in [0, 0.05) is 0 Å². The number of benzene rings is 2. The minimum atomic E-state index is -1.61. The number of hydrogen-bond donors (Lipinski definition) is 0. The second-order valence-corrected chi connectivity index (χ2v) is 12.5. The van der Waals surface area contributed by atoms with Crippen LogP contribution < -0.4 is 4.74 Å². The Bertz CT molecular complexity index is 669. The second-order valence-electron chi connectivity index (χ2n) is 7.14. The summed E-state index contributed by atoms with van der Waals surface area (Å²) in [5, 5.41) is 0. The van der Waals surface area contributed by atoms with Crippen molar-refractivity contribution >= 4 is 8.07 Å². The van der Waals surface area contributed by atoms with Crippen molar-refractivity contribution in [3.05, 3.63) is 78.4 Å². The molecule has 0 N–H and O–H groups in total. The van der Waals surface area contributed by atoms with E-state index in [0.29, 0.717) is 0 Å².